The molecule has 2 aliphatic rings. The Balaban J connectivity index is 1.16. The number of allylic oxidation sites excluding steroid dienone is 8. The van der Waals surface area contributed by atoms with Crippen molar-refractivity contribution < 1.29 is 0 Å². The minimum absolute atomic E-state index is 0.313. The molecule has 5 aromatic rings. The first-order chi connectivity index (χ1) is 21.8. The fourth-order valence-corrected chi connectivity index (χ4v) is 6.28. The van der Waals surface area contributed by atoms with Crippen LogP contribution >= 0.6 is 0 Å². The largest absolute Gasteiger partial charge is 0.309 e. The Morgan fingerprint density at radius 1 is 0.841 bits per heavy atom. The monoisotopic (exact) mass is 569 g/mol. The minimum Gasteiger partial charge on any atom is -0.309 e. The SMILES string of the molecule is C=N/C(=C\C(=NCC1=CC=CCC1)C1=CCC(c2ccc(-n3c4ccccc4c4ccccc43)cc2)C=C1)c1ccccc1. The second-order valence-corrected chi connectivity index (χ2v) is 11.4. The van der Waals surface area contributed by atoms with Crippen molar-refractivity contribution in [2.24, 2.45) is 9.98 Å². The van der Waals surface area contributed by atoms with Crippen molar-refractivity contribution in [1.29, 1.82) is 0 Å². The third kappa shape index (κ3) is 5.57. The first kappa shape index (κ1) is 27.5. The Morgan fingerprint density at radius 3 is 2.18 bits per heavy atom. The number of fused-ring (bicyclic) bond motifs is 3. The third-order valence-corrected chi connectivity index (χ3v) is 8.62. The maximum Gasteiger partial charge on any atom is 0.0716 e. The molecule has 1 unspecified atom stereocenters. The second-order valence-electron chi connectivity index (χ2n) is 11.4. The molecule has 4 aromatic carbocycles. The zero-order chi connectivity index (χ0) is 29.7. The standard InChI is InChI=1S/C41H35N3/c1-42-38(33-14-6-3-7-15-33)28-39(43-29-30-12-4-2-5-13-30)34-22-20-31(21-23-34)32-24-26-35(27-25-32)44-40-18-10-8-16-36(40)37-17-9-11-19-41(37)44/h2-4,6-12,14-20,22-28,31H,1,5,13,21,29H2/b38-28-,43-39?. The molecule has 0 N–H and O–H groups in total. The average Bonchev–Trinajstić information content (AvgIpc) is 3.44. The number of aromatic nitrogens is 1. The van der Waals surface area contributed by atoms with E-state index >= 15 is 0 Å². The van der Waals surface area contributed by atoms with Crippen LogP contribution in [0.2, 0.25) is 0 Å². The highest BCUT2D eigenvalue weighted by Crippen LogP contribution is 2.33. The van der Waals surface area contributed by atoms with Crippen molar-refractivity contribution in [2.75, 3.05) is 6.54 Å². The van der Waals surface area contributed by atoms with Crippen LogP contribution in [0.1, 0.15) is 36.3 Å². The Hall–Kier alpha value is -5.28. The molecule has 3 nitrogen and oxygen atoms in total. The van der Waals surface area contributed by atoms with E-state index in [2.05, 4.69) is 144 Å². The van der Waals surface area contributed by atoms with Crippen LogP contribution < -0.4 is 0 Å². The van der Waals surface area contributed by atoms with Gasteiger partial charge in [-0.3, -0.25) is 9.98 Å². The first-order valence-corrected chi connectivity index (χ1v) is 15.4. The topological polar surface area (TPSA) is 29.6 Å². The average molecular weight is 570 g/mol. The van der Waals surface area contributed by atoms with Crippen LogP contribution in [0.4, 0.5) is 0 Å². The summed E-state index contributed by atoms with van der Waals surface area (Å²) in [6, 6.07) is 36.6. The fraction of sp³-hybridized carbons (Fsp3) is 0.122. The lowest BCUT2D eigenvalue weighted by Gasteiger charge is -2.18. The van der Waals surface area contributed by atoms with E-state index in [9.17, 15) is 0 Å². The molecule has 1 heterocycles. The van der Waals surface area contributed by atoms with Crippen molar-refractivity contribution in [2.45, 2.75) is 25.2 Å². The molecular formula is C41H35N3. The Bertz CT molecular complexity index is 1960. The van der Waals surface area contributed by atoms with Gasteiger partial charge in [0.2, 0.25) is 0 Å². The van der Waals surface area contributed by atoms with Crippen molar-refractivity contribution in [1.82, 2.24) is 4.57 Å². The number of hydrogen-bond acceptors (Lipinski definition) is 2. The van der Waals surface area contributed by atoms with Gasteiger partial charge >= 0.3 is 0 Å². The molecule has 0 aliphatic heterocycles. The lowest BCUT2D eigenvalue weighted by atomic mass is 9.88. The van der Waals surface area contributed by atoms with Crippen LogP contribution in [0.15, 0.2) is 167 Å². The van der Waals surface area contributed by atoms with Gasteiger partial charge in [-0.2, -0.15) is 0 Å². The van der Waals surface area contributed by atoms with Gasteiger partial charge in [-0.1, -0.05) is 115 Å². The zero-order valence-electron chi connectivity index (χ0n) is 24.8. The maximum atomic E-state index is 5.10. The van der Waals surface area contributed by atoms with Gasteiger partial charge < -0.3 is 4.57 Å². The number of aliphatic imine (C=N–C) groups is 2. The van der Waals surface area contributed by atoms with Gasteiger partial charge in [0.25, 0.3) is 0 Å². The lowest BCUT2D eigenvalue weighted by molar-refractivity contribution is 0.849. The molecule has 0 fully saturated rings. The zero-order valence-corrected chi connectivity index (χ0v) is 24.8. The van der Waals surface area contributed by atoms with E-state index in [1.165, 1.54) is 38.6 Å². The number of para-hydroxylation sites is 2. The summed E-state index contributed by atoms with van der Waals surface area (Å²) in [4.78, 5) is 9.47. The maximum absolute atomic E-state index is 5.10. The van der Waals surface area contributed by atoms with E-state index in [-0.39, 0.29) is 0 Å². The highest BCUT2D eigenvalue weighted by Gasteiger charge is 2.16. The van der Waals surface area contributed by atoms with Crippen molar-refractivity contribution in [3.8, 4) is 5.69 Å². The predicted octanol–water partition coefficient (Wildman–Crippen LogP) is 10.2. The molecular weight excluding hydrogens is 534 g/mol. The number of rotatable bonds is 8. The predicted molar refractivity (Wildman–Crippen MR) is 188 cm³/mol. The number of hydrogen-bond donors (Lipinski definition) is 0. The van der Waals surface area contributed by atoms with Crippen molar-refractivity contribution in [3.63, 3.8) is 0 Å². The minimum atomic E-state index is 0.313. The lowest BCUT2D eigenvalue weighted by Crippen LogP contribution is -2.07. The molecule has 2 aliphatic carbocycles. The molecule has 3 heteroatoms. The van der Waals surface area contributed by atoms with Crippen LogP contribution in [-0.2, 0) is 0 Å². The van der Waals surface area contributed by atoms with Crippen LogP contribution in [-0.4, -0.2) is 23.5 Å². The van der Waals surface area contributed by atoms with Gasteiger partial charge in [0.1, 0.15) is 0 Å². The molecule has 0 amide bonds. The molecule has 0 spiro atoms. The second kappa shape index (κ2) is 12.5. The Labute approximate surface area is 259 Å². The molecule has 1 atom stereocenters. The molecule has 1 aromatic heterocycles. The first-order valence-electron chi connectivity index (χ1n) is 15.4. The fourth-order valence-electron chi connectivity index (χ4n) is 6.28. The summed E-state index contributed by atoms with van der Waals surface area (Å²) in [6.45, 7) is 4.55. The van der Waals surface area contributed by atoms with Gasteiger partial charge in [0.05, 0.1) is 29.0 Å². The summed E-state index contributed by atoms with van der Waals surface area (Å²) < 4.78 is 2.37. The van der Waals surface area contributed by atoms with Gasteiger partial charge in [-0.15, -0.1) is 0 Å². The van der Waals surface area contributed by atoms with E-state index < -0.39 is 0 Å². The molecule has 0 saturated carbocycles. The molecule has 0 bridgehead atoms. The van der Waals surface area contributed by atoms with Crippen LogP contribution in [0.3, 0.4) is 0 Å². The summed E-state index contributed by atoms with van der Waals surface area (Å²) in [5.41, 5.74) is 10.3. The highest BCUT2D eigenvalue weighted by atomic mass is 15.0. The van der Waals surface area contributed by atoms with E-state index in [0.29, 0.717) is 12.5 Å². The van der Waals surface area contributed by atoms with E-state index in [1.54, 1.807) is 0 Å². The van der Waals surface area contributed by atoms with Gasteiger partial charge in [-0.25, -0.2) is 0 Å². The van der Waals surface area contributed by atoms with Crippen molar-refractivity contribution in [3.05, 3.63) is 168 Å². The summed E-state index contributed by atoms with van der Waals surface area (Å²) in [7, 11) is 0. The quantitative estimate of drug-likeness (QED) is 0.166. The highest BCUT2D eigenvalue weighted by molar-refractivity contribution is 6.14. The Kier molecular flexibility index (Phi) is 7.84. The molecule has 0 radical (unpaired) electrons. The van der Waals surface area contributed by atoms with E-state index in [0.717, 1.165) is 41.8 Å². The van der Waals surface area contributed by atoms with Gasteiger partial charge in [-0.05, 0) is 73.0 Å². The van der Waals surface area contributed by atoms with Gasteiger partial charge in [0, 0.05) is 27.9 Å². The van der Waals surface area contributed by atoms with Crippen LogP contribution in [0, 0.1) is 0 Å². The van der Waals surface area contributed by atoms with Crippen LogP contribution in [0.25, 0.3) is 33.2 Å². The van der Waals surface area contributed by atoms with Crippen LogP contribution in [0.5, 0.6) is 0 Å². The summed E-state index contributed by atoms with van der Waals surface area (Å²) >= 11 is 0. The van der Waals surface area contributed by atoms with E-state index in [4.69, 9.17) is 4.99 Å². The molecule has 7 rings (SSSR count). The summed E-state index contributed by atoms with van der Waals surface area (Å²) in [5, 5.41) is 2.56. The number of benzene rings is 4. The summed E-state index contributed by atoms with van der Waals surface area (Å²) in [5.74, 6) is 0.313. The summed E-state index contributed by atoms with van der Waals surface area (Å²) in [6.07, 6.45) is 18.6. The normalized spacial score (nSPS) is 17.1. The molecule has 214 valence electrons. The smallest absolute Gasteiger partial charge is 0.0716 e. The molecule has 44 heavy (non-hydrogen) atoms. The molecule has 0 saturated heterocycles. The third-order valence-electron chi connectivity index (χ3n) is 8.62. The Morgan fingerprint density at radius 2 is 1.55 bits per heavy atom. The van der Waals surface area contributed by atoms with Crippen molar-refractivity contribution >= 4 is 39.9 Å². The van der Waals surface area contributed by atoms with Gasteiger partial charge in [0.15, 0.2) is 0 Å². The number of nitrogens with zero attached hydrogens (tertiary/aromatic N) is 3. The van der Waals surface area contributed by atoms with E-state index in [1.807, 2.05) is 18.2 Å².